The third kappa shape index (κ3) is 4.25. The van der Waals surface area contributed by atoms with Crippen LogP contribution in [0.1, 0.15) is 65.2 Å². The molecule has 0 radical (unpaired) electrons. The van der Waals surface area contributed by atoms with E-state index in [-0.39, 0.29) is 18.1 Å². The highest BCUT2D eigenvalue weighted by Crippen LogP contribution is 2.44. The second-order valence-corrected chi connectivity index (χ2v) is 6.92. The maximum atomic E-state index is 13.0. The van der Waals surface area contributed by atoms with Crippen molar-refractivity contribution in [2.24, 2.45) is 11.8 Å². The Morgan fingerprint density at radius 1 is 0.957 bits per heavy atom. The molecule has 1 N–H and O–H groups in total. The Labute approximate surface area is 139 Å². The summed E-state index contributed by atoms with van der Waals surface area (Å²) in [5, 5.41) is 9.51. The van der Waals surface area contributed by atoms with Crippen LogP contribution >= 0.6 is 0 Å². The first-order valence-electron chi connectivity index (χ1n) is 9.27. The Hall–Kier alpha value is -1.10. The van der Waals surface area contributed by atoms with Crippen molar-refractivity contribution in [2.75, 3.05) is 13.1 Å². The fourth-order valence-corrected chi connectivity index (χ4v) is 3.95. The lowest BCUT2D eigenvalue weighted by atomic mass is 9.78. The van der Waals surface area contributed by atoms with E-state index in [2.05, 4.69) is 13.8 Å². The number of hydrogen-bond donors (Lipinski definition) is 1. The van der Waals surface area contributed by atoms with Crippen LogP contribution in [0.4, 0.5) is 0 Å². The van der Waals surface area contributed by atoms with E-state index in [0.29, 0.717) is 0 Å². The van der Waals surface area contributed by atoms with Gasteiger partial charge in [-0.25, -0.2) is 0 Å². The maximum absolute atomic E-state index is 13.0. The Balaban J connectivity index is 2.03. The van der Waals surface area contributed by atoms with Gasteiger partial charge in [-0.15, -0.1) is 0 Å². The smallest absolute Gasteiger partial charge is 0.310 e. The van der Waals surface area contributed by atoms with Crippen molar-refractivity contribution >= 4 is 11.9 Å². The number of nitrogens with zero attached hydrogens (tertiary/aromatic N) is 1. The van der Waals surface area contributed by atoms with Gasteiger partial charge >= 0.3 is 5.97 Å². The van der Waals surface area contributed by atoms with Gasteiger partial charge in [-0.05, 0) is 25.7 Å². The van der Waals surface area contributed by atoms with E-state index < -0.39 is 17.8 Å². The topological polar surface area (TPSA) is 66.8 Å². The van der Waals surface area contributed by atoms with Crippen LogP contribution in [-0.4, -0.2) is 47.2 Å². The zero-order valence-electron chi connectivity index (χ0n) is 14.5. The highest BCUT2D eigenvalue weighted by atomic mass is 16.5. The van der Waals surface area contributed by atoms with Crippen LogP contribution < -0.4 is 0 Å². The van der Waals surface area contributed by atoms with Crippen molar-refractivity contribution in [3.63, 3.8) is 0 Å². The molecule has 0 aromatic heterocycles. The number of carboxylic acids is 1. The summed E-state index contributed by atoms with van der Waals surface area (Å²) < 4.78 is 5.75. The number of hydrogen-bond acceptors (Lipinski definition) is 3. The molecule has 1 amide bonds. The summed E-state index contributed by atoms with van der Waals surface area (Å²) >= 11 is 0. The predicted molar refractivity (Wildman–Crippen MR) is 88.1 cm³/mol. The minimum absolute atomic E-state index is 0.0109. The van der Waals surface area contributed by atoms with Gasteiger partial charge in [0.05, 0.1) is 24.0 Å². The number of carbonyl (C=O) groups is 2. The molecule has 2 bridgehead atoms. The Bertz CT molecular complexity index is 402. The first-order valence-corrected chi connectivity index (χ1v) is 9.27. The van der Waals surface area contributed by atoms with Gasteiger partial charge in [-0.1, -0.05) is 39.5 Å². The molecule has 2 saturated heterocycles. The lowest BCUT2D eigenvalue weighted by Crippen LogP contribution is -2.46. The molecular weight excluding hydrogens is 294 g/mol. The fraction of sp³-hybridized carbons (Fsp3) is 0.889. The zero-order valence-corrected chi connectivity index (χ0v) is 14.5. The van der Waals surface area contributed by atoms with Crippen molar-refractivity contribution in [1.82, 2.24) is 4.90 Å². The molecule has 2 fully saturated rings. The zero-order chi connectivity index (χ0) is 16.8. The summed E-state index contributed by atoms with van der Waals surface area (Å²) in [6.45, 7) is 5.79. The van der Waals surface area contributed by atoms with Crippen LogP contribution in [0.25, 0.3) is 0 Å². The van der Waals surface area contributed by atoms with Gasteiger partial charge in [0.2, 0.25) is 5.91 Å². The molecule has 5 nitrogen and oxygen atoms in total. The largest absolute Gasteiger partial charge is 0.481 e. The van der Waals surface area contributed by atoms with Gasteiger partial charge in [0, 0.05) is 13.1 Å². The highest BCUT2D eigenvalue weighted by Gasteiger charge is 2.56. The average molecular weight is 325 g/mol. The summed E-state index contributed by atoms with van der Waals surface area (Å²) in [6, 6.07) is 0. The molecule has 5 heteroatoms. The van der Waals surface area contributed by atoms with Crippen LogP contribution in [0.5, 0.6) is 0 Å². The Kier molecular flexibility index (Phi) is 6.88. The number of fused-ring (bicyclic) bond motifs is 2. The summed E-state index contributed by atoms with van der Waals surface area (Å²) in [5.74, 6) is -2.00. The molecule has 0 saturated carbocycles. The number of carbonyl (C=O) groups excluding carboxylic acids is 1. The highest BCUT2D eigenvalue weighted by molar-refractivity contribution is 5.86. The lowest BCUT2D eigenvalue weighted by Gasteiger charge is -2.31. The summed E-state index contributed by atoms with van der Waals surface area (Å²) in [6.07, 6.45) is 7.58. The number of carboxylic acid groups (broad SMARTS) is 1. The monoisotopic (exact) mass is 325 g/mol. The molecular formula is C18H31NO4. The molecule has 2 rings (SSSR count). The van der Waals surface area contributed by atoms with Gasteiger partial charge < -0.3 is 14.7 Å². The van der Waals surface area contributed by atoms with Crippen molar-refractivity contribution in [2.45, 2.75) is 77.4 Å². The number of rotatable bonds is 10. The summed E-state index contributed by atoms with van der Waals surface area (Å²) in [5.41, 5.74) is 0. The van der Waals surface area contributed by atoms with Crippen LogP contribution in [-0.2, 0) is 14.3 Å². The summed E-state index contributed by atoms with van der Waals surface area (Å²) in [4.78, 5) is 26.5. The second kappa shape index (κ2) is 8.67. The molecule has 0 aromatic rings. The van der Waals surface area contributed by atoms with Crippen molar-refractivity contribution in [3.8, 4) is 0 Å². The van der Waals surface area contributed by atoms with Crippen molar-refractivity contribution in [1.29, 1.82) is 0 Å². The van der Waals surface area contributed by atoms with Crippen LogP contribution in [0.3, 0.4) is 0 Å². The van der Waals surface area contributed by atoms with E-state index in [0.717, 1.165) is 64.5 Å². The first-order chi connectivity index (χ1) is 11.1. The predicted octanol–water partition coefficient (Wildman–Crippen LogP) is 3.07. The molecule has 0 aliphatic carbocycles. The van der Waals surface area contributed by atoms with Gasteiger partial charge in [0.25, 0.3) is 0 Å². The fourth-order valence-electron chi connectivity index (χ4n) is 3.95. The summed E-state index contributed by atoms with van der Waals surface area (Å²) in [7, 11) is 0. The average Bonchev–Trinajstić information content (AvgIpc) is 3.14. The van der Waals surface area contributed by atoms with Gasteiger partial charge in [-0.3, -0.25) is 9.59 Å². The molecule has 132 valence electrons. The molecule has 4 atom stereocenters. The third-order valence-corrected chi connectivity index (χ3v) is 5.22. The molecule has 0 unspecified atom stereocenters. The molecule has 2 aliphatic heterocycles. The lowest BCUT2D eigenvalue weighted by molar-refractivity contribution is -0.151. The number of unbranched alkanes of at least 4 members (excludes halogenated alkanes) is 4. The molecule has 2 heterocycles. The number of ether oxygens (including phenoxy) is 1. The standard InChI is InChI=1S/C18H31NO4/c1-3-5-7-11-19(12-8-6-4-2)17(20)15-13-9-10-14(23-13)16(15)18(21)22/h13-16H,3-12H2,1-2H3,(H,21,22)/t13-,14+,15-,16-/m0/s1. The van der Waals surface area contributed by atoms with Gasteiger partial charge in [0.15, 0.2) is 0 Å². The molecule has 0 spiro atoms. The van der Waals surface area contributed by atoms with Crippen molar-refractivity contribution < 1.29 is 19.4 Å². The Morgan fingerprint density at radius 2 is 1.48 bits per heavy atom. The van der Waals surface area contributed by atoms with E-state index >= 15 is 0 Å². The SMILES string of the molecule is CCCCCN(CCCCC)C(=O)[C@@H]1[C@@H](C(=O)O)[C@H]2CC[C@@H]1O2. The Morgan fingerprint density at radius 3 is 1.96 bits per heavy atom. The van der Waals surface area contributed by atoms with Crippen LogP contribution in [0.2, 0.25) is 0 Å². The van der Waals surface area contributed by atoms with Gasteiger partial charge in [0.1, 0.15) is 0 Å². The third-order valence-electron chi connectivity index (χ3n) is 5.22. The second-order valence-electron chi connectivity index (χ2n) is 6.92. The van der Waals surface area contributed by atoms with Crippen LogP contribution in [0.15, 0.2) is 0 Å². The molecule has 23 heavy (non-hydrogen) atoms. The molecule has 0 aromatic carbocycles. The molecule has 2 aliphatic rings. The van der Waals surface area contributed by atoms with Crippen LogP contribution in [0, 0.1) is 11.8 Å². The van der Waals surface area contributed by atoms with E-state index in [1.165, 1.54) is 0 Å². The van der Waals surface area contributed by atoms with E-state index in [1.54, 1.807) is 0 Å². The van der Waals surface area contributed by atoms with E-state index in [4.69, 9.17) is 4.74 Å². The minimum Gasteiger partial charge on any atom is -0.481 e. The van der Waals surface area contributed by atoms with Gasteiger partial charge in [-0.2, -0.15) is 0 Å². The van der Waals surface area contributed by atoms with E-state index in [1.807, 2.05) is 4.90 Å². The number of amides is 1. The quantitative estimate of drug-likeness (QED) is 0.627. The minimum atomic E-state index is -0.877. The normalized spacial score (nSPS) is 29.0. The maximum Gasteiger partial charge on any atom is 0.310 e. The van der Waals surface area contributed by atoms with E-state index in [9.17, 15) is 14.7 Å². The van der Waals surface area contributed by atoms with Crippen molar-refractivity contribution in [3.05, 3.63) is 0 Å². The first kappa shape index (κ1) is 18.2. The number of aliphatic carboxylic acids is 1.